The molecule has 86 valence electrons. The number of rotatable bonds is 4. The zero-order chi connectivity index (χ0) is 12.3. The third kappa shape index (κ3) is 2.29. The number of carbonyl (C=O) groups is 2. The molecular formula is C10H11NO5. The van der Waals surface area contributed by atoms with Crippen LogP contribution in [0.3, 0.4) is 0 Å². The highest BCUT2D eigenvalue weighted by atomic mass is 16.4. The van der Waals surface area contributed by atoms with Gasteiger partial charge in [-0.2, -0.15) is 0 Å². The maximum absolute atomic E-state index is 10.7. The number of phenolic OH excluding ortho intramolecular Hbond substituents is 2. The fourth-order valence-electron chi connectivity index (χ4n) is 1.27. The molecule has 6 heteroatoms. The molecule has 1 aromatic carbocycles. The van der Waals surface area contributed by atoms with Gasteiger partial charge in [-0.25, -0.2) is 0 Å². The molecule has 0 aliphatic rings. The minimum atomic E-state index is -1.20. The summed E-state index contributed by atoms with van der Waals surface area (Å²) in [5.74, 6) is -2.20. The first-order valence-corrected chi connectivity index (χ1v) is 4.44. The third-order valence-corrected chi connectivity index (χ3v) is 2.16. The number of aldehydes is 1. The van der Waals surface area contributed by atoms with E-state index in [1.54, 1.807) is 0 Å². The van der Waals surface area contributed by atoms with Crippen molar-refractivity contribution < 1.29 is 24.9 Å². The Kier molecular flexibility index (Phi) is 3.47. The van der Waals surface area contributed by atoms with Crippen LogP contribution in [0.4, 0.5) is 0 Å². The first-order chi connectivity index (χ1) is 7.47. The number of carboxylic acid groups (broad SMARTS) is 1. The molecule has 0 aromatic heterocycles. The highest BCUT2D eigenvalue weighted by Crippen LogP contribution is 2.30. The molecule has 0 saturated heterocycles. The van der Waals surface area contributed by atoms with Crippen molar-refractivity contribution in [3.63, 3.8) is 0 Å². The van der Waals surface area contributed by atoms with E-state index >= 15 is 0 Å². The number of hydrogen-bond donors (Lipinski definition) is 4. The van der Waals surface area contributed by atoms with Crippen molar-refractivity contribution in [2.24, 2.45) is 5.73 Å². The average molecular weight is 225 g/mol. The van der Waals surface area contributed by atoms with Crippen LogP contribution < -0.4 is 5.73 Å². The molecule has 1 aromatic rings. The molecule has 1 unspecified atom stereocenters. The van der Waals surface area contributed by atoms with E-state index in [2.05, 4.69) is 0 Å². The molecule has 0 fully saturated rings. The molecule has 0 bridgehead atoms. The number of aliphatic carboxylic acids is 1. The van der Waals surface area contributed by atoms with E-state index in [0.717, 1.165) is 0 Å². The summed E-state index contributed by atoms with van der Waals surface area (Å²) >= 11 is 0. The Hall–Kier alpha value is -2.08. The second-order valence-corrected chi connectivity index (χ2v) is 3.27. The Balaban J connectivity index is 3.10. The molecule has 6 nitrogen and oxygen atoms in total. The van der Waals surface area contributed by atoms with Crippen molar-refractivity contribution in [3.8, 4) is 11.5 Å². The second-order valence-electron chi connectivity index (χ2n) is 3.27. The lowest BCUT2D eigenvalue weighted by Gasteiger charge is -2.10. The van der Waals surface area contributed by atoms with Crippen LogP contribution in [0.15, 0.2) is 12.1 Å². The summed E-state index contributed by atoms with van der Waals surface area (Å²) in [5, 5.41) is 27.1. The van der Waals surface area contributed by atoms with Crippen LogP contribution in [0.5, 0.6) is 11.5 Å². The van der Waals surface area contributed by atoms with Gasteiger partial charge in [0.1, 0.15) is 6.04 Å². The topological polar surface area (TPSA) is 121 Å². The third-order valence-electron chi connectivity index (χ3n) is 2.16. The van der Waals surface area contributed by atoms with E-state index in [9.17, 15) is 14.7 Å². The minimum Gasteiger partial charge on any atom is -0.504 e. The van der Waals surface area contributed by atoms with Crippen molar-refractivity contribution in [2.45, 2.75) is 12.5 Å². The van der Waals surface area contributed by atoms with Crippen molar-refractivity contribution >= 4 is 12.3 Å². The Labute approximate surface area is 90.9 Å². The van der Waals surface area contributed by atoms with E-state index in [1.165, 1.54) is 12.1 Å². The zero-order valence-electron chi connectivity index (χ0n) is 8.25. The van der Waals surface area contributed by atoms with Crippen molar-refractivity contribution in [2.75, 3.05) is 0 Å². The van der Waals surface area contributed by atoms with Gasteiger partial charge in [-0.1, -0.05) is 6.07 Å². The molecular weight excluding hydrogens is 214 g/mol. The maximum Gasteiger partial charge on any atom is 0.320 e. The molecule has 0 radical (unpaired) electrons. The Morgan fingerprint density at radius 3 is 2.56 bits per heavy atom. The van der Waals surface area contributed by atoms with E-state index in [1.807, 2.05) is 0 Å². The van der Waals surface area contributed by atoms with E-state index < -0.39 is 23.5 Å². The van der Waals surface area contributed by atoms with Crippen molar-refractivity contribution in [3.05, 3.63) is 23.3 Å². The number of phenols is 2. The van der Waals surface area contributed by atoms with Crippen LogP contribution in [0, 0.1) is 0 Å². The molecule has 16 heavy (non-hydrogen) atoms. The summed E-state index contributed by atoms with van der Waals surface area (Å²) in [7, 11) is 0. The van der Waals surface area contributed by atoms with Gasteiger partial charge in [0.05, 0.1) is 5.56 Å². The van der Waals surface area contributed by atoms with Crippen LogP contribution in [0.25, 0.3) is 0 Å². The number of carboxylic acids is 1. The molecule has 0 amide bonds. The molecule has 1 atom stereocenters. The molecule has 0 aliphatic carbocycles. The summed E-state index contributed by atoms with van der Waals surface area (Å²) in [6, 6.07) is 1.36. The quantitative estimate of drug-likeness (QED) is 0.418. The lowest BCUT2D eigenvalue weighted by molar-refractivity contribution is -0.138. The number of carbonyl (C=O) groups excluding carboxylic acids is 1. The van der Waals surface area contributed by atoms with Crippen LogP contribution in [0.2, 0.25) is 0 Å². The Morgan fingerprint density at radius 1 is 1.44 bits per heavy atom. The largest absolute Gasteiger partial charge is 0.504 e. The predicted octanol–water partition coefficient (Wildman–Crippen LogP) is -0.135. The average Bonchev–Trinajstić information content (AvgIpc) is 2.23. The normalized spacial score (nSPS) is 12.1. The number of aromatic hydroxyl groups is 2. The smallest absolute Gasteiger partial charge is 0.320 e. The van der Waals surface area contributed by atoms with Crippen molar-refractivity contribution in [1.29, 1.82) is 0 Å². The highest BCUT2D eigenvalue weighted by Gasteiger charge is 2.17. The minimum absolute atomic E-state index is 0.1000. The van der Waals surface area contributed by atoms with Crippen LogP contribution >= 0.6 is 0 Å². The van der Waals surface area contributed by atoms with E-state index in [0.29, 0.717) is 6.29 Å². The summed E-state index contributed by atoms with van der Waals surface area (Å²) < 4.78 is 0. The monoisotopic (exact) mass is 225 g/mol. The summed E-state index contributed by atoms with van der Waals surface area (Å²) in [4.78, 5) is 21.2. The first kappa shape index (κ1) is 12.0. The maximum atomic E-state index is 10.7. The van der Waals surface area contributed by atoms with Gasteiger partial charge in [0.15, 0.2) is 17.8 Å². The Morgan fingerprint density at radius 2 is 2.06 bits per heavy atom. The van der Waals surface area contributed by atoms with Gasteiger partial charge in [0.25, 0.3) is 0 Å². The van der Waals surface area contributed by atoms with Gasteiger partial charge in [0.2, 0.25) is 0 Å². The van der Waals surface area contributed by atoms with E-state index in [4.69, 9.17) is 15.9 Å². The molecule has 0 spiro atoms. The van der Waals surface area contributed by atoms with Gasteiger partial charge >= 0.3 is 5.97 Å². The van der Waals surface area contributed by atoms with Crippen LogP contribution in [-0.2, 0) is 11.2 Å². The van der Waals surface area contributed by atoms with Gasteiger partial charge in [-0.15, -0.1) is 0 Å². The number of nitrogens with two attached hydrogens (primary N) is 1. The SMILES string of the molecule is NC(Cc1ccc(O)c(O)c1C=O)C(=O)O. The predicted molar refractivity (Wildman–Crippen MR) is 54.5 cm³/mol. The van der Waals surface area contributed by atoms with Gasteiger partial charge < -0.3 is 21.1 Å². The number of hydrogen-bond acceptors (Lipinski definition) is 5. The summed E-state index contributed by atoms with van der Waals surface area (Å²) in [5.41, 5.74) is 5.44. The summed E-state index contributed by atoms with van der Waals surface area (Å²) in [6.45, 7) is 0. The van der Waals surface area contributed by atoms with Crippen LogP contribution in [0.1, 0.15) is 15.9 Å². The first-order valence-electron chi connectivity index (χ1n) is 4.44. The standard InChI is InChI=1S/C10H11NO5/c11-7(10(15)16)3-5-1-2-8(13)9(14)6(5)4-12/h1-2,4,7,13-14H,3,11H2,(H,15,16). The number of benzene rings is 1. The zero-order valence-corrected chi connectivity index (χ0v) is 8.25. The highest BCUT2D eigenvalue weighted by molar-refractivity contribution is 5.84. The lowest BCUT2D eigenvalue weighted by Crippen LogP contribution is -2.32. The van der Waals surface area contributed by atoms with E-state index in [-0.39, 0.29) is 17.5 Å². The Bertz CT molecular complexity index is 429. The van der Waals surface area contributed by atoms with Gasteiger partial charge in [-0.3, -0.25) is 9.59 Å². The fraction of sp³-hybridized carbons (Fsp3) is 0.200. The molecule has 5 N–H and O–H groups in total. The molecule has 0 heterocycles. The molecule has 1 rings (SSSR count). The summed E-state index contributed by atoms with van der Waals surface area (Å²) in [6.07, 6.45) is 0.246. The van der Waals surface area contributed by atoms with Crippen LogP contribution in [-0.4, -0.2) is 33.6 Å². The molecule has 0 aliphatic heterocycles. The van der Waals surface area contributed by atoms with Gasteiger partial charge in [0, 0.05) is 0 Å². The molecule has 0 saturated carbocycles. The van der Waals surface area contributed by atoms with Gasteiger partial charge in [-0.05, 0) is 18.1 Å². The lowest BCUT2D eigenvalue weighted by atomic mass is 10.00. The van der Waals surface area contributed by atoms with Crippen molar-refractivity contribution in [1.82, 2.24) is 0 Å². The fourth-order valence-corrected chi connectivity index (χ4v) is 1.27. The second kappa shape index (κ2) is 4.63.